The highest BCUT2D eigenvalue weighted by molar-refractivity contribution is 6.53. The minimum Gasteiger partial charge on any atom is -0.465 e. The minimum absolute atomic E-state index is 0.356. The lowest BCUT2D eigenvalue weighted by Gasteiger charge is -2.12. The first kappa shape index (κ1) is 17.7. The van der Waals surface area contributed by atoms with Crippen LogP contribution >= 0.6 is 23.2 Å². The highest BCUT2D eigenvalue weighted by Crippen LogP contribution is 2.64. The molecule has 0 radical (unpaired) electrons. The average molecular weight is 396 g/mol. The van der Waals surface area contributed by atoms with Crippen molar-refractivity contribution in [3.8, 4) is 5.75 Å². The van der Waals surface area contributed by atoms with E-state index < -0.39 is 21.7 Å². The summed E-state index contributed by atoms with van der Waals surface area (Å²) in [5.74, 6) is -0.511. The molecule has 5 nitrogen and oxygen atoms in total. The molecular weight excluding hydrogens is 377 g/mol. The van der Waals surface area contributed by atoms with Crippen molar-refractivity contribution in [2.45, 2.75) is 43.5 Å². The Labute approximate surface area is 161 Å². The van der Waals surface area contributed by atoms with Gasteiger partial charge in [-0.25, -0.2) is 4.79 Å². The van der Waals surface area contributed by atoms with Gasteiger partial charge in [-0.1, -0.05) is 0 Å². The number of ether oxygens (including phenoxy) is 2. The van der Waals surface area contributed by atoms with Gasteiger partial charge in [-0.15, -0.1) is 23.2 Å². The molecular formula is C19H19Cl2NO4. The van der Waals surface area contributed by atoms with E-state index in [9.17, 15) is 9.59 Å². The minimum atomic E-state index is -1.09. The van der Waals surface area contributed by atoms with Crippen molar-refractivity contribution in [1.29, 1.82) is 0 Å². The number of methoxy groups -OCH3 is 1. The first-order valence-electron chi connectivity index (χ1n) is 8.52. The number of hydrogen-bond donors (Lipinski definition) is 0. The Kier molecular flexibility index (Phi) is 3.83. The summed E-state index contributed by atoms with van der Waals surface area (Å²) in [6.07, 6.45) is 2.54. The molecule has 4 rings (SSSR count). The van der Waals surface area contributed by atoms with Gasteiger partial charge in [0.05, 0.1) is 12.7 Å². The number of benzene rings is 1. The van der Waals surface area contributed by atoms with E-state index >= 15 is 0 Å². The van der Waals surface area contributed by atoms with Gasteiger partial charge in [-0.05, 0) is 44.9 Å². The normalized spacial score (nSPS) is 23.7. The Bertz CT molecular complexity index is 945. The topological polar surface area (TPSA) is 57.5 Å². The number of rotatable bonds is 4. The van der Waals surface area contributed by atoms with Gasteiger partial charge in [0, 0.05) is 29.1 Å². The number of aromatic nitrogens is 1. The molecule has 0 saturated heterocycles. The molecule has 1 atom stereocenters. The van der Waals surface area contributed by atoms with Crippen LogP contribution < -0.4 is 4.74 Å². The Morgan fingerprint density at radius 2 is 1.92 bits per heavy atom. The standard InChI is InChI=1S/C19H19Cl2NO4/c1-10-15(16(23)25-3)13-8-12(6-7-14(13)22(10)11-4-5-11)26-17(24)18(2)9-19(18,20)21/h6-8,11H,4-5,9H2,1-3H3. The summed E-state index contributed by atoms with van der Waals surface area (Å²) in [6, 6.07) is 5.72. The van der Waals surface area contributed by atoms with E-state index in [0.29, 0.717) is 23.8 Å². The largest absolute Gasteiger partial charge is 0.465 e. The number of alkyl halides is 2. The Morgan fingerprint density at radius 1 is 1.27 bits per heavy atom. The Morgan fingerprint density at radius 3 is 2.46 bits per heavy atom. The van der Waals surface area contributed by atoms with Gasteiger partial charge in [0.2, 0.25) is 0 Å². The van der Waals surface area contributed by atoms with Gasteiger partial charge in [-0.3, -0.25) is 4.79 Å². The molecule has 0 bridgehead atoms. The molecule has 0 amide bonds. The summed E-state index contributed by atoms with van der Waals surface area (Å²) < 4.78 is 11.5. The van der Waals surface area contributed by atoms with Crippen LogP contribution in [0.15, 0.2) is 18.2 Å². The van der Waals surface area contributed by atoms with Crippen molar-refractivity contribution in [2.75, 3.05) is 7.11 Å². The van der Waals surface area contributed by atoms with E-state index in [0.717, 1.165) is 29.4 Å². The summed E-state index contributed by atoms with van der Waals surface area (Å²) in [4.78, 5) is 24.7. The fraction of sp³-hybridized carbons (Fsp3) is 0.474. The zero-order chi connectivity index (χ0) is 18.9. The molecule has 26 heavy (non-hydrogen) atoms. The fourth-order valence-electron chi connectivity index (χ4n) is 3.49. The van der Waals surface area contributed by atoms with Gasteiger partial charge in [-0.2, -0.15) is 0 Å². The van der Waals surface area contributed by atoms with Crippen molar-refractivity contribution in [1.82, 2.24) is 4.57 Å². The third-order valence-electron chi connectivity index (χ3n) is 5.44. The molecule has 2 aromatic rings. The molecule has 1 aromatic heterocycles. The molecule has 0 aliphatic heterocycles. The number of fused-ring (bicyclic) bond motifs is 1. The predicted octanol–water partition coefficient (Wildman–Crippen LogP) is 4.56. The molecule has 138 valence electrons. The summed E-state index contributed by atoms with van der Waals surface area (Å²) in [5, 5.41) is 0.718. The second kappa shape index (κ2) is 5.64. The van der Waals surface area contributed by atoms with Crippen LogP contribution in [0.5, 0.6) is 5.75 Å². The average Bonchev–Trinajstić information content (AvgIpc) is 3.46. The summed E-state index contributed by atoms with van der Waals surface area (Å²) in [5.41, 5.74) is 1.40. The third kappa shape index (κ3) is 2.52. The van der Waals surface area contributed by atoms with Crippen molar-refractivity contribution < 1.29 is 19.1 Å². The molecule has 1 heterocycles. The van der Waals surface area contributed by atoms with Crippen molar-refractivity contribution in [3.63, 3.8) is 0 Å². The lowest BCUT2D eigenvalue weighted by Crippen LogP contribution is -2.23. The summed E-state index contributed by atoms with van der Waals surface area (Å²) in [7, 11) is 1.36. The van der Waals surface area contributed by atoms with E-state index in [1.807, 2.05) is 13.0 Å². The maximum Gasteiger partial charge on any atom is 0.340 e. The first-order chi connectivity index (χ1) is 12.2. The van der Waals surface area contributed by atoms with Crippen LogP contribution in [0.1, 0.15) is 48.3 Å². The fourth-order valence-corrected chi connectivity index (χ4v) is 4.18. The molecule has 2 aliphatic rings. The van der Waals surface area contributed by atoms with Crippen molar-refractivity contribution >= 4 is 46.0 Å². The molecule has 2 saturated carbocycles. The number of halogens is 2. The van der Waals surface area contributed by atoms with Gasteiger partial charge < -0.3 is 14.0 Å². The predicted molar refractivity (Wildman–Crippen MR) is 99.1 cm³/mol. The van der Waals surface area contributed by atoms with E-state index in [1.54, 1.807) is 19.1 Å². The quantitative estimate of drug-likeness (QED) is 0.432. The number of carbonyl (C=O) groups is 2. The number of hydrogen-bond acceptors (Lipinski definition) is 4. The van der Waals surface area contributed by atoms with Crippen molar-refractivity contribution in [2.24, 2.45) is 5.41 Å². The SMILES string of the molecule is COC(=O)c1c(C)n(C2CC2)c2ccc(OC(=O)C3(C)CC3(Cl)Cl)cc12. The molecule has 2 fully saturated rings. The zero-order valence-electron chi connectivity index (χ0n) is 14.8. The van der Waals surface area contributed by atoms with Crippen LogP contribution in [0.3, 0.4) is 0 Å². The zero-order valence-corrected chi connectivity index (χ0v) is 16.3. The lowest BCUT2D eigenvalue weighted by atomic mass is 10.1. The van der Waals surface area contributed by atoms with Crippen LogP contribution in [0.25, 0.3) is 10.9 Å². The molecule has 7 heteroatoms. The second-order valence-electron chi connectivity index (χ2n) is 7.33. The van der Waals surface area contributed by atoms with Crippen LogP contribution in [0, 0.1) is 12.3 Å². The highest BCUT2D eigenvalue weighted by atomic mass is 35.5. The maximum absolute atomic E-state index is 12.4. The molecule has 1 aromatic carbocycles. The molecule has 0 N–H and O–H groups in total. The number of carbonyl (C=O) groups excluding carboxylic acids is 2. The third-order valence-corrected chi connectivity index (χ3v) is 6.54. The second-order valence-corrected chi connectivity index (χ2v) is 8.82. The number of esters is 2. The van der Waals surface area contributed by atoms with Gasteiger partial charge in [0.25, 0.3) is 0 Å². The van der Waals surface area contributed by atoms with Crippen LogP contribution in [-0.2, 0) is 9.53 Å². The summed E-state index contributed by atoms with van der Waals surface area (Å²) in [6.45, 7) is 3.60. The van der Waals surface area contributed by atoms with Crippen LogP contribution in [0.2, 0.25) is 0 Å². The smallest absolute Gasteiger partial charge is 0.340 e. The summed E-state index contributed by atoms with van der Waals surface area (Å²) >= 11 is 12.1. The Hall–Kier alpha value is -1.72. The van der Waals surface area contributed by atoms with E-state index in [2.05, 4.69) is 4.57 Å². The van der Waals surface area contributed by atoms with Crippen molar-refractivity contribution in [3.05, 3.63) is 29.5 Å². The first-order valence-corrected chi connectivity index (χ1v) is 9.28. The van der Waals surface area contributed by atoms with Crippen LogP contribution in [0.4, 0.5) is 0 Å². The van der Waals surface area contributed by atoms with Gasteiger partial charge in [0.1, 0.15) is 15.5 Å². The highest BCUT2D eigenvalue weighted by Gasteiger charge is 2.69. The van der Waals surface area contributed by atoms with Gasteiger partial charge in [0.15, 0.2) is 0 Å². The lowest BCUT2D eigenvalue weighted by molar-refractivity contribution is -0.139. The van der Waals surface area contributed by atoms with E-state index in [1.165, 1.54) is 7.11 Å². The molecule has 2 aliphatic carbocycles. The molecule has 0 spiro atoms. The van der Waals surface area contributed by atoms with Crippen LogP contribution in [-0.4, -0.2) is 27.9 Å². The van der Waals surface area contributed by atoms with Gasteiger partial charge >= 0.3 is 11.9 Å². The van der Waals surface area contributed by atoms with E-state index in [-0.39, 0.29) is 0 Å². The maximum atomic E-state index is 12.4. The Balaban J connectivity index is 1.75. The van der Waals surface area contributed by atoms with E-state index in [4.69, 9.17) is 32.7 Å². The molecule has 1 unspecified atom stereocenters. The number of nitrogens with zero attached hydrogens (tertiary/aromatic N) is 1. The monoisotopic (exact) mass is 395 g/mol.